The fourth-order valence-electron chi connectivity index (χ4n) is 1.51. The van der Waals surface area contributed by atoms with E-state index in [9.17, 15) is 0 Å². The largest absolute Gasteiger partial charge is 0.465 e. The molecule has 0 unspecified atom stereocenters. The quantitative estimate of drug-likeness (QED) is 0.648. The first kappa shape index (κ1) is 11.1. The van der Waals surface area contributed by atoms with Gasteiger partial charge in [-0.1, -0.05) is 6.07 Å². The van der Waals surface area contributed by atoms with Crippen LogP contribution < -0.4 is 5.73 Å². The lowest BCUT2D eigenvalue weighted by Gasteiger charge is -2.04. The molecular weight excluding hydrogens is 218 g/mol. The van der Waals surface area contributed by atoms with Crippen LogP contribution in [0.15, 0.2) is 39.6 Å². The highest BCUT2D eigenvalue weighted by Crippen LogP contribution is 2.29. The van der Waals surface area contributed by atoms with Crippen molar-refractivity contribution in [2.75, 3.05) is 5.73 Å². The fraction of sp³-hybridized carbons (Fsp3) is 0.231. The van der Waals surface area contributed by atoms with Gasteiger partial charge >= 0.3 is 0 Å². The highest BCUT2D eigenvalue weighted by molar-refractivity contribution is 7.98. The molecule has 0 aliphatic rings. The molecule has 0 radical (unpaired) electrons. The third kappa shape index (κ3) is 2.61. The Bertz CT molecular complexity index is 490. The number of rotatable bonds is 3. The van der Waals surface area contributed by atoms with Crippen molar-refractivity contribution in [2.24, 2.45) is 0 Å². The molecule has 3 heteroatoms. The minimum absolute atomic E-state index is 0.821. The van der Waals surface area contributed by atoms with Gasteiger partial charge in [-0.05, 0) is 43.7 Å². The summed E-state index contributed by atoms with van der Waals surface area (Å²) < 4.78 is 5.51. The van der Waals surface area contributed by atoms with Crippen molar-refractivity contribution >= 4 is 17.4 Å². The summed E-state index contributed by atoms with van der Waals surface area (Å²) in [4.78, 5) is 1.11. The first-order valence-electron chi connectivity index (χ1n) is 5.19. The molecule has 0 saturated carbocycles. The van der Waals surface area contributed by atoms with E-state index in [2.05, 4.69) is 12.1 Å². The summed E-state index contributed by atoms with van der Waals surface area (Å²) in [5, 5.41) is 0. The minimum atomic E-state index is 0.821. The molecule has 2 aromatic rings. The second-order valence-corrected chi connectivity index (χ2v) is 4.86. The second-order valence-electron chi connectivity index (χ2n) is 3.84. The van der Waals surface area contributed by atoms with Crippen LogP contribution in [-0.2, 0) is 5.75 Å². The molecule has 1 heterocycles. The Morgan fingerprint density at radius 3 is 2.62 bits per heavy atom. The lowest BCUT2D eigenvalue weighted by molar-refractivity contribution is 0.501. The van der Waals surface area contributed by atoms with Gasteiger partial charge in [-0.15, -0.1) is 11.8 Å². The summed E-state index contributed by atoms with van der Waals surface area (Å²) in [6.07, 6.45) is 0. The van der Waals surface area contributed by atoms with Gasteiger partial charge in [-0.3, -0.25) is 0 Å². The molecule has 2 N–H and O–H groups in total. The van der Waals surface area contributed by atoms with Crippen molar-refractivity contribution in [1.82, 2.24) is 0 Å². The van der Waals surface area contributed by atoms with E-state index in [1.54, 1.807) is 11.8 Å². The van der Waals surface area contributed by atoms with Gasteiger partial charge in [0, 0.05) is 10.6 Å². The maximum atomic E-state index is 5.94. The normalized spacial score (nSPS) is 10.6. The number of nitrogen functional groups attached to an aromatic ring is 1. The number of nitrogens with two attached hydrogens (primary N) is 1. The molecule has 0 fully saturated rings. The third-order valence-electron chi connectivity index (χ3n) is 2.33. The van der Waals surface area contributed by atoms with E-state index >= 15 is 0 Å². The summed E-state index contributed by atoms with van der Waals surface area (Å²) in [7, 11) is 0. The van der Waals surface area contributed by atoms with E-state index in [1.165, 1.54) is 5.56 Å². The monoisotopic (exact) mass is 233 g/mol. The van der Waals surface area contributed by atoms with Crippen LogP contribution in [0.25, 0.3) is 0 Å². The van der Waals surface area contributed by atoms with Crippen molar-refractivity contribution in [3.63, 3.8) is 0 Å². The highest BCUT2D eigenvalue weighted by atomic mass is 32.2. The van der Waals surface area contributed by atoms with Gasteiger partial charge in [0.25, 0.3) is 0 Å². The number of aryl methyl sites for hydroxylation is 2. The number of hydrogen-bond donors (Lipinski definition) is 1. The Morgan fingerprint density at radius 1 is 1.19 bits per heavy atom. The zero-order chi connectivity index (χ0) is 11.5. The summed E-state index contributed by atoms with van der Waals surface area (Å²) in [6.45, 7) is 4.00. The molecule has 0 aliphatic carbocycles. The van der Waals surface area contributed by atoms with Gasteiger partial charge in [0.15, 0.2) is 0 Å². The summed E-state index contributed by atoms with van der Waals surface area (Å²) >= 11 is 1.70. The topological polar surface area (TPSA) is 39.2 Å². The number of furan rings is 1. The smallest absolute Gasteiger partial charge is 0.114 e. The Labute approximate surface area is 99.8 Å². The van der Waals surface area contributed by atoms with E-state index in [0.717, 1.165) is 27.9 Å². The summed E-state index contributed by atoms with van der Waals surface area (Å²) in [5.74, 6) is 2.76. The van der Waals surface area contributed by atoms with E-state index in [-0.39, 0.29) is 0 Å². The molecule has 84 valence electrons. The van der Waals surface area contributed by atoms with E-state index in [0.29, 0.717) is 0 Å². The molecule has 0 aliphatic heterocycles. The highest BCUT2D eigenvalue weighted by Gasteiger charge is 2.03. The first-order valence-corrected chi connectivity index (χ1v) is 6.18. The standard InChI is InChI=1S/C13H15NOS/c1-9-3-6-13(12(14)7-9)16-8-11-5-4-10(2)15-11/h3-7H,8,14H2,1-2H3. The van der Waals surface area contributed by atoms with Gasteiger partial charge in [0.1, 0.15) is 11.5 Å². The van der Waals surface area contributed by atoms with Crippen LogP contribution in [-0.4, -0.2) is 0 Å². The van der Waals surface area contributed by atoms with Crippen LogP contribution in [0.5, 0.6) is 0 Å². The average molecular weight is 233 g/mol. The SMILES string of the molecule is Cc1ccc(SCc2ccc(C)o2)c(N)c1. The number of benzene rings is 1. The Kier molecular flexibility index (Phi) is 3.25. The molecule has 16 heavy (non-hydrogen) atoms. The molecular formula is C13H15NOS. The Balaban J connectivity index is 2.04. The van der Waals surface area contributed by atoms with Gasteiger partial charge in [-0.25, -0.2) is 0 Å². The van der Waals surface area contributed by atoms with Crippen LogP contribution >= 0.6 is 11.8 Å². The van der Waals surface area contributed by atoms with Crippen molar-refractivity contribution in [3.8, 4) is 0 Å². The fourth-order valence-corrected chi connectivity index (χ4v) is 2.35. The van der Waals surface area contributed by atoms with Gasteiger partial charge in [0.05, 0.1) is 5.75 Å². The zero-order valence-electron chi connectivity index (χ0n) is 9.49. The van der Waals surface area contributed by atoms with Gasteiger partial charge < -0.3 is 10.2 Å². The van der Waals surface area contributed by atoms with E-state index in [1.807, 2.05) is 32.0 Å². The summed E-state index contributed by atoms with van der Waals surface area (Å²) in [5.41, 5.74) is 7.97. The predicted octanol–water partition coefficient (Wildman–Crippen LogP) is 3.77. The maximum absolute atomic E-state index is 5.94. The lowest BCUT2D eigenvalue weighted by atomic mass is 10.2. The van der Waals surface area contributed by atoms with Gasteiger partial charge in [0.2, 0.25) is 0 Å². The van der Waals surface area contributed by atoms with E-state index in [4.69, 9.17) is 10.2 Å². The average Bonchev–Trinajstić information content (AvgIpc) is 2.63. The minimum Gasteiger partial charge on any atom is -0.465 e. The molecule has 0 atom stereocenters. The van der Waals surface area contributed by atoms with Crippen molar-refractivity contribution in [1.29, 1.82) is 0 Å². The van der Waals surface area contributed by atoms with Crippen LogP contribution in [0.2, 0.25) is 0 Å². The van der Waals surface area contributed by atoms with E-state index < -0.39 is 0 Å². The molecule has 2 nitrogen and oxygen atoms in total. The molecule has 0 bridgehead atoms. The van der Waals surface area contributed by atoms with Gasteiger partial charge in [-0.2, -0.15) is 0 Å². The molecule has 2 rings (SSSR count). The second kappa shape index (κ2) is 4.66. The van der Waals surface area contributed by atoms with Crippen molar-refractivity contribution < 1.29 is 4.42 Å². The van der Waals surface area contributed by atoms with Crippen LogP contribution in [0.1, 0.15) is 17.1 Å². The zero-order valence-corrected chi connectivity index (χ0v) is 10.3. The maximum Gasteiger partial charge on any atom is 0.114 e. The lowest BCUT2D eigenvalue weighted by Crippen LogP contribution is -1.89. The predicted molar refractivity (Wildman–Crippen MR) is 68.6 cm³/mol. The van der Waals surface area contributed by atoms with Crippen LogP contribution in [0, 0.1) is 13.8 Å². The summed E-state index contributed by atoms with van der Waals surface area (Å²) in [6, 6.07) is 10.1. The Morgan fingerprint density at radius 2 is 2.00 bits per heavy atom. The molecule has 0 spiro atoms. The molecule has 0 saturated heterocycles. The molecule has 1 aromatic carbocycles. The van der Waals surface area contributed by atoms with Crippen molar-refractivity contribution in [2.45, 2.75) is 24.5 Å². The number of thioether (sulfide) groups is 1. The Hall–Kier alpha value is -1.35. The van der Waals surface area contributed by atoms with Crippen molar-refractivity contribution in [3.05, 3.63) is 47.4 Å². The third-order valence-corrected chi connectivity index (χ3v) is 3.44. The molecule has 1 aromatic heterocycles. The van der Waals surface area contributed by atoms with Crippen LogP contribution in [0.4, 0.5) is 5.69 Å². The number of anilines is 1. The molecule has 0 amide bonds. The van der Waals surface area contributed by atoms with Crippen LogP contribution in [0.3, 0.4) is 0 Å². The first-order chi connectivity index (χ1) is 7.65. The number of hydrogen-bond acceptors (Lipinski definition) is 3.